The van der Waals surface area contributed by atoms with E-state index in [1.807, 2.05) is 36.4 Å². The molecule has 0 atom stereocenters. The minimum atomic E-state index is -0.973. The van der Waals surface area contributed by atoms with Gasteiger partial charge in [0.2, 0.25) is 0 Å². The molecule has 4 aromatic carbocycles. The van der Waals surface area contributed by atoms with Crippen molar-refractivity contribution in [3.63, 3.8) is 0 Å². The molecule has 0 fully saturated rings. The van der Waals surface area contributed by atoms with E-state index in [0.29, 0.717) is 17.7 Å². The summed E-state index contributed by atoms with van der Waals surface area (Å²) in [5, 5.41) is 2.17. The maximum Gasteiger partial charge on any atom is 0.159 e. The maximum atomic E-state index is 14.6. The average Bonchev–Trinajstić information content (AvgIpc) is 3.20. The molecule has 0 saturated carbocycles. The lowest BCUT2D eigenvalue weighted by molar-refractivity contribution is 0.318. The summed E-state index contributed by atoms with van der Waals surface area (Å²) in [4.78, 5) is 3.40. The highest BCUT2D eigenvalue weighted by atomic mass is 19.2. The number of hydrogen-bond donors (Lipinski definition) is 1. The molecule has 0 aliphatic rings. The van der Waals surface area contributed by atoms with Gasteiger partial charge in [0.05, 0.1) is 17.7 Å². The highest BCUT2D eigenvalue weighted by molar-refractivity contribution is 6.07. The summed E-state index contributed by atoms with van der Waals surface area (Å²) in [5.41, 5.74) is 3.72. The predicted molar refractivity (Wildman–Crippen MR) is 129 cm³/mol. The fourth-order valence-corrected chi connectivity index (χ4v) is 3.89. The van der Waals surface area contributed by atoms with E-state index in [9.17, 15) is 13.2 Å². The van der Waals surface area contributed by atoms with E-state index >= 15 is 0 Å². The number of benzene rings is 4. The minimum Gasteiger partial charge on any atom is -0.494 e. The maximum absolute atomic E-state index is 14.6. The summed E-state index contributed by atoms with van der Waals surface area (Å²) in [7, 11) is 0. The Balaban J connectivity index is 1.43. The van der Waals surface area contributed by atoms with Gasteiger partial charge < -0.3 is 9.72 Å². The lowest BCUT2D eigenvalue weighted by Gasteiger charge is -2.04. The van der Waals surface area contributed by atoms with Gasteiger partial charge in [-0.25, -0.2) is 13.2 Å². The van der Waals surface area contributed by atoms with Crippen LogP contribution in [0.2, 0.25) is 0 Å². The van der Waals surface area contributed by atoms with Gasteiger partial charge >= 0.3 is 0 Å². The Kier molecular flexibility index (Phi) is 5.73. The third kappa shape index (κ3) is 4.23. The highest BCUT2D eigenvalue weighted by Crippen LogP contribution is 2.29. The van der Waals surface area contributed by atoms with Crippen LogP contribution in [-0.2, 0) is 0 Å². The van der Waals surface area contributed by atoms with Gasteiger partial charge in [-0.05, 0) is 66.1 Å². The van der Waals surface area contributed by atoms with E-state index in [1.165, 1.54) is 18.2 Å². The molecule has 34 heavy (non-hydrogen) atoms. The summed E-state index contributed by atoms with van der Waals surface area (Å²) in [6, 6.07) is 19.7. The molecule has 1 heterocycles. The molecule has 0 bridgehead atoms. The zero-order chi connectivity index (χ0) is 23.7. The van der Waals surface area contributed by atoms with E-state index in [4.69, 9.17) is 4.74 Å². The van der Waals surface area contributed by atoms with Crippen LogP contribution in [0.3, 0.4) is 0 Å². The average molecular weight is 455 g/mol. The Labute approximate surface area is 195 Å². The number of ether oxygens (including phenoxy) is 1. The molecule has 0 radical (unpaired) electrons. The Bertz CT molecular complexity index is 1590. The van der Waals surface area contributed by atoms with Crippen LogP contribution in [0.15, 0.2) is 72.8 Å². The fourth-order valence-electron chi connectivity index (χ4n) is 3.89. The molecule has 0 spiro atoms. The molecule has 0 aliphatic carbocycles. The number of fused-ring (bicyclic) bond motifs is 3. The third-order valence-corrected chi connectivity index (χ3v) is 5.61. The first-order chi connectivity index (χ1) is 16.5. The number of nitrogens with one attached hydrogen (secondary N) is 1. The van der Waals surface area contributed by atoms with Crippen LogP contribution in [0.5, 0.6) is 5.75 Å². The van der Waals surface area contributed by atoms with Gasteiger partial charge in [0, 0.05) is 27.9 Å². The van der Waals surface area contributed by atoms with E-state index in [-0.39, 0.29) is 5.56 Å². The molecule has 0 unspecified atom stereocenters. The first kappa shape index (κ1) is 21.7. The van der Waals surface area contributed by atoms with Gasteiger partial charge in [-0.15, -0.1) is 0 Å². The van der Waals surface area contributed by atoms with Crippen LogP contribution in [0.1, 0.15) is 24.5 Å². The summed E-state index contributed by atoms with van der Waals surface area (Å²) in [6.45, 7) is 2.74. The normalized spacial score (nSPS) is 10.9. The third-order valence-electron chi connectivity index (χ3n) is 5.61. The van der Waals surface area contributed by atoms with Crippen molar-refractivity contribution in [2.24, 2.45) is 0 Å². The summed E-state index contributed by atoms with van der Waals surface area (Å²) < 4.78 is 47.0. The molecular weight excluding hydrogens is 435 g/mol. The van der Waals surface area contributed by atoms with Gasteiger partial charge in [-0.2, -0.15) is 0 Å². The van der Waals surface area contributed by atoms with Crippen LogP contribution >= 0.6 is 0 Å². The number of H-pyrrole nitrogens is 1. The molecule has 168 valence electrons. The molecule has 5 heteroatoms. The van der Waals surface area contributed by atoms with Crippen molar-refractivity contribution in [3.05, 3.63) is 101 Å². The SMILES string of the molecule is CCCOc1ccc2c(c1)[nH]c1cc(C#Cc3ccc(-c4ccc(F)c(F)c4)cc3F)ccc12. The van der Waals surface area contributed by atoms with Gasteiger partial charge in [0.25, 0.3) is 0 Å². The standard InChI is InChI=1S/C29H20F3NO/c1-2-13-34-22-9-11-24-23-10-4-18(14-28(23)33-29(24)17-22)3-5-19-6-7-20(15-26(19)31)21-8-12-25(30)27(32)16-21/h4,6-12,14-17,33H,2,13H2,1H3. The van der Waals surface area contributed by atoms with Crippen molar-refractivity contribution < 1.29 is 17.9 Å². The quantitative estimate of drug-likeness (QED) is 0.278. The zero-order valence-corrected chi connectivity index (χ0v) is 18.4. The number of hydrogen-bond acceptors (Lipinski definition) is 1. The van der Waals surface area contributed by atoms with Crippen LogP contribution in [0, 0.1) is 29.3 Å². The second kappa shape index (κ2) is 8.99. The van der Waals surface area contributed by atoms with E-state index < -0.39 is 17.5 Å². The number of rotatable bonds is 4. The second-order valence-corrected chi connectivity index (χ2v) is 8.01. The molecule has 2 nitrogen and oxygen atoms in total. The Hall–Kier alpha value is -4.17. The van der Waals surface area contributed by atoms with Crippen LogP contribution in [0.25, 0.3) is 32.9 Å². The second-order valence-electron chi connectivity index (χ2n) is 8.01. The van der Waals surface area contributed by atoms with Gasteiger partial charge in [-0.1, -0.05) is 37.0 Å². The molecule has 0 saturated heterocycles. The largest absolute Gasteiger partial charge is 0.494 e. The zero-order valence-electron chi connectivity index (χ0n) is 18.4. The topological polar surface area (TPSA) is 25.0 Å². The lowest BCUT2D eigenvalue weighted by atomic mass is 10.0. The molecule has 0 amide bonds. The van der Waals surface area contributed by atoms with Crippen molar-refractivity contribution in [1.29, 1.82) is 0 Å². The van der Waals surface area contributed by atoms with E-state index in [1.54, 1.807) is 6.07 Å². The van der Waals surface area contributed by atoms with Crippen molar-refractivity contribution in [2.75, 3.05) is 6.61 Å². The number of aromatic amines is 1. The molecule has 1 N–H and O–H groups in total. The van der Waals surface area contributed by atoms with Crippen molar-refractivity contribution in [3.8, 4) is 28.7 Å². The van der Waals surface area contributed by atoms with Crippen LogP contribution in [-0.4, -0.2) is 11.6 Å². The molecule has 1 aromatic heterocycles. The van der Waals surface area contributed by atoms with E-state index in [0.717, 1.165) is 51.7 Å². The minimum absolute atomic E-state index is 0.223. The number of aromatic nitrogens is 1. The molecular formula is C29H20F3NO. The Morgan fingerprint density at radius 2 is 1.41 bits per heavy atom. The van der Waals surface area contributed by atoms with Crippen molar-refractivity contribution in [1.82, 2.24) is 4.98 Å². The van der Waals surface area contributed by atoms with Gasteiger partial charge in [0.15, 0.2) is 11.6 Å². The Morgan fingerprint density at radius 1 is 0.706 bits per heavy atom. The number of halogens is 3. The fraction of sp³-hybridized carbons (Fsp3) is 0.103. The molecule has 0 aliphatic heterocycles. The summed E-state index contributed by atoms with van der Waals surface area (Å²) in [5.74, 6) is 4.26. The van der Waals surface area contributed by atoms with Crippen molar-refractivity contribution >= 4 is 21.8 Å². The summed E-state index contributed by atoms with van der Waals surface area (Å²) >= 11 is 0. The van der Waals surface area contributed by atoms with Gasteiger partial charge in [0.1, 0.15) is 11.6 Å². The first-order valence-corrected chi connectivity index (χ1v) is 11.0. The predicted octanol–water partition coefficient (Wildman–Crippen LogP) is 7.59. The first-order valence-electron chi connectivity index (χ1n) is 11.0. The van der Waals surface area contributed by atoms with Gasteiger partial charge in [-0.3, -0.25) is 0 Å². The Morgan fingerprint density at radius 3 is 2.15 bits per heavy atom. The summed E-state index contributed by atoms with van der Waals surface area (Å²) in [6.07, 6.45) is 0.945. The van der Waals surface area contributed by atoms with E-state index in [2.05, 4.69) is 23.7 Å². The lowest BCUT2D eigenvalue weighted by Crippen LogP contribution is -1.94. The highest BCUT2D eigenvalue weighted by Gasteiger charge is 2.08. The smallest absolute Gasteiger partial charge is 0.159 e. The molecule has 5 aromatic rings. The van der Waals surface area contributed by atoms with Crippen LogP contribution in [0.4, 0.5) is 13.2 Å². The molecule has 5 rings (SSSR count). The van der Waals surface area contributed by atoms with Crippen LogP contribution < -0.4 is 4.74 Å². The monoisotopic (exact) mass is 455 g/mol. The van der Waals surface area contributed by atoms with Crippen molar-refractivity contribution in [2.45, 2.75) is 13.3 Å².